The molecule has 1 saturated heterocycles. The van der Waals surface area contributed by atoms with Gasteiger partial charge in [0.2, 0.25) is 0 Å². The summed E-state index contributed by atoms with van der Waals surface area (Å²) in [5.41, 5.74) is 0.925. The average molecular weight is 347 g/mol. The monoisotopic (exact) mass is 347 g/mol. The summed E-state index contributed by atoms with van der Waals surface area (Å²) >= 11 is 0. The zero-order valence-corrected chi connectivity index (χ0v) is 15.3. The van der Waals surface area contributed by atoms with Gasteiger partial charge in [-0.2, -0.15) is 0 Å². The summed E-state index contributed by atoms with van der Waals surface area (Å²) in [6, 6.07) is 3.68. The molecule has 0 radical (unpaired) electrons. The first kappa shape index (κ1) is 18.1. The van der Waals surface area contributed by atoms with Crippen LogP contribution in [0.1, 0.15) is 42.2 Å². The molecule has 1 aliphatic heterocycles. The molecule has 0 aromatic carbocycles. The standard InChI is InChI=1S/C19H29N3O3/c1-3-22-14(2)4-7-17(19(22)25)18(24)21-10-9-20(12-15-5-6-15)16(13-21)8-11-23/h4,7,15-16,23H,3,5-6,8-13H2,1-2H3. The van der Waals surface area contributed by atoms with Crippen LogP contribution in [-0.4, -0.2) is 64.2 Å². The Morgan fingerprint density at radius 3 is 2.68 bits per heavy atom. The molecule has 2 aliphatic rings. The van der Waals surface area contributed by atoms with E-state index < -0.39 is 0 Å². The van der Waals surface area contributed by atoms with Crippen LogP contribution in [-0.2, 0) is 6.54 Å². The number of hydrogen-bond donors (Lipinski definition) is 1. The molecule has 1 unspecified atom stereocenters. The number of pyridine rings is 1. The third kappa shape index (κ3) is 3.96. The molecule has 25 heavy (non-hydrogen) atoms. The molecule has 2 heterocycles. The van der Waals surface area contributed by atoms with E-state index >= 15 is 0 Å². The topological polar surface area (TPSA) is 65.8 Å². The average Bonchev–Trinajstić information content (AvgIpc) is 3.41. The predicted octanol–water partition coefficient (Wildman–Crippen LogP) is 1.10. The second kappa shape index (κ2) is 7.70. The fourth-order valence-corrected chi connectivity index (χ4v) is 3.77. The minimum absolute atomic E-state index is 0.126. The summed E-state index contributed by atoms with van der Waals surface area (Å²) < 4.78 is 1.64. The summed E-state index contributed by atoms with van der Waals surface area (Å²) in [5.74, 6) is 0.610. The van der Waals surface area contributed by atoms with Gasteiger partial charge in [0.15, 0.2) is 0 Å². The molecule has 138 valence electrons. The maximum absolute atomic E-state index is 12.9. The van der Waals surface area contributed by atoms with Gasteiger partial charge in [-0.3, -0.25) is 14.5 Å². The van der Waals surface area contributed by atoms with Crippen LogP contribution in [0, 0.1) is 12.8 Å². The first-order valence-corrected chi connectivity index (χ1v) is 9.39. The van der Waals surface area contributed by atoms with Crippen LogP contribution in [0.15, 0.2) is 16.9 Å². The lowest BCUT2D eigenvalue weighted by atomic mass is 10.1. The van der Waals surface area contributed by atoms with Gasteiger partial charge in [-0.15, -0.1) is 0 Å². The first-order chi connectivity index (χ1) is 12.0. The fourth-order valence-electron chi connectivity index (χ4n) is 3.77. The summed E-state index contributed by atoms with van der Waals surface area (Å²) in [5, 5.41) is 9.39. The number of aliphatic hydroxyl groups excluding tert-OH is 1. The van der Waals surface area contributed by atoms with Gasteiger partial charge in [0.25, 0.3) is 11.5 Å². The number of rotatable bonds is 6. The molecule has 1 aromatic rings. The number of aromatic nitrogens is 1. The zero-order chi connectivity index (χ0) is 18.0. The number of aryl methyl sites for hydroxylation is 1. The SMILES string of the molecule is CCn1c(C)ccc(C(=O)N2CCN(CC3CC3)C(CCO)C2)c1=O. The molecule has 6 nitrogen and oxygen atoms in total. The third-order valence-corrected chi connectivity index (χ3v) is 5.48. The lowest BCUT2D eigenvalue weighted by Crippen LogP contribution is -2.56. The van der Waals surface area contributed by atoms with Gasteiger partial charge in [-0.05, 0) is 51.2 Å². The van der Waals surface area contributed by atoms with Crippen molar-refractivity contribution >= 4 is 5.91 Å². The van der Waals surface area contributed by atoms with Crippen LogP contribution < -0.4 is 5.56 Å². The minimum Gasteiger partial charge on any atom is -0.396 e. The van der Waals surface area contributed by atoms with Crippen molar-refractivity contribution < 1.29 is 9.90 Å². The molecule has 0 spiro atoms. The van der Waals surface area contributed by atoms with E-state index in [-0.39, 0.29) is 29.7 Å². The van der Waals surface area contributed by atoms with Crippen LogP contribution in [0.25, 0.3) is 0 Å². The van der Waals surface area contributed by atoms with Gasteiger partial charge in [-0.1, -0.05) is 0 Å². The van der Waals surface area contributed by atoms with Crippen molar-refractivity contribution in [3.05, 3.63) is 33.7 Å². The lowest BCUT2D eigenvalue weighted by molar-refractivity contribution is 0.0405. The molecule has 0 bridgehead atoms. The van der Waals surface area contributed by atoms with Crippen molar-refractivity contribution in [2.45, 2.75) is 45.7 Å². The molecule has 1 atom stereocenters. The molecule has 1 aliphatic carbocycles. The third-order valence-electron chi connectivity index (χ3n) is 5.48. The van der Waals surface area contributed by atoms with Crippen LogP contribution in [0.3, 0.4) is 0 Å². The van der Waals surface area contributed by atoms with Crippen LogP contribution in [0.2, 0.25) is 0 Å². The van der Waals surface area contributed by atoms with Crippen LogP contribution >= 0.6 is 0 Å². The Kier molecular flexibility index (Phi) is 5.59. The minimum atomic E-state index is -0.202. The summed E-state index contributed by atoms with van der Waals surface area (Å²) in [6.07, 6.45) is 3.26. The first-order valence-electron chi connectivity index (χ1n) is 9.39. The highest BCUT2D eigenvalue weighted by atomic mass is 16.3. The normalized spacial score (nSPS) is 21.6. The zero-order valence-electron chi connectivity index (χ0n) is 15.3. The maximum Gasteiger partial charge on any atom is 0.263 e. The number of nitrogens with zero attached hydrogens (tertiary/aromatic N) is 3. The predicted molar refractivity (Wildman–Crippen MR) is 96.8 cm³/mol. The molecule has 1 saturated carbocycles. The van der Waals surface area contributed by atoms with Gasteiger partial charge in [0, 0.05) is 51.1 Å². The molecule has 1 amide bonds. The van der Waals surface area contributed by atoms with Crippen molar-refractivity contribution in [1.82, 2.24) is 14.4 Å². The van der Waals surface area contributed by atoms with E-state index in [1.165, 1.54) is 12.8 Å². The van der Waals surface area contributed by atoms with E-state index in [9.17, 15) is 14.7 Å². The molecule has 3 rings (SSSR count). The van der Waals surface area contributed by atoms with Gasteiger partial charge >= 0.3 is 0 Å². The van der Waals surface area contributed by atoms with Gasteiger partial charge < -0.3 is 14.6 Å². The van der Waals surface area contributed by atoms with Crippen molar-refractivity contribution in [2.24, 2.45) is 5.92 Å². The molecular formula is C19H29N3O3. The Morgan fingerprint density at radius 1 is 1.28 bits per heavy atom. The fraction of sp³-hybridized carbons (Fsp3) is 0.684. The number of hydrogen-bond acceptors (Lipinski definition) is 4. The van der Waals surface area contributed by atoms with Crippen molar-refractivity contribution in [3.8, 4) is 0 Å². The number of piperazine rings is 1. The van der Waals surface area contributed by atoms with E-state index in [0.29, 0.717) is 26.1 Å². The molecule has 1 aromatic heterocycles. The van der Waals surface area contributed by atoms with Crippen molar-refractivity contribution in [2.75, 3.05) is 32.8 Å². The van der Waals surface area contributed by atoms with Crippen LogP contribution in [0.5, 0.6) is 0 Å². The highest BCUT2D eigenvalue weighted by molar-refractivity contribution is 5.94. The van der Waals surface area contributed by atoms with Gasteiger partial charge in [0.05, 0.1) is 0 Å². The van der Waals surface area contributed by atoms with E-state index in [4.69, 9.17) is 0 Å². The quantitative estimate of drug-likeness (QED) is 0.837. The smallest absolute Gasteiger partial charge is 0.263 e. The second-order valence-electron chi connectivity index (χ2n) is 7.29. The van der Waals surface area contributed by atoms with E-state index in [1.807, 2.05) is 19.9 Å². The highest BCUT2D eigenvalue weighted by Crippen LogP contribution is 2.31. The maximum atomic E-state index is 12.9. The van der Waals surface area contributed by atoms with Crippen LogP contribution in [0.4, 0.5) is 0 Å². The summed E-state index contributed by atoms with van der Waals surface area (Å²) in [6.45, 7) is 7.61. The molecule has 6 heteroatoms. The van der Waals surface area contributed by atoms with E-state index in [1.54, 1.807) is 15.5 Å². The van der Waals surface area contributed by atoms with Crippen molar-refractivity contribution in [1.29, 1.82) is 0 Å². The van der Waals surface area contributed by atoms with Crippen molar-refractivity contribution in [3.63, 3.8) is 0 Å². The Bertz CT molecular complexity index is 681. The highest BCUT2D eigenvalue weighted by Gasteiger charge is 2.34. The summed E-state index contributed by atoms with van der Waals surface area (Å²) in [4.78, 5) is 29.7. The number of carbonyl (C=O) groups is 1. The Balaban J connectivity index is 1.75. The van der Waals surface area contributed by atoms with E-state index in [0.717, 1.165) is 24.7 Å². The number of carbonyl (C=O) groups excluding carboxylic acids is 1. The van der Waals surface area contributed by atoms with Gasteiger partial charge in [-0.25, -0.2) is 0 Å². The lowest BCUT2D eigenvalue weighted by Gasteiger charge is -2.41. The van der Waals surface area contributed by atoms with Gasteiger partial charge in [0.1, 0.15) is 5.56 Å². The molecule has 2 fully saturated rings. The van der Waals surface area contributed by atoms with E-state index in [2.05, 4.69) is 4.90 Å². The second-order valence-corrected chi connectivity index (χ2v) is 7.29. The Hall–Kier alpha value is -1.66. The Labute approximate surface area is 149 Å². The number of aliphatic hydroxyl groups is 1. The molecular weight excluding hydrogens is 318 g/mol. The largest absolute Gasteiger partial charge is 0.396 e. The molecule has 1 N–H and O–H groups in total. The Morgan fingerprint density at radius 2 is 2.04 bits per heavy atom. The summed E-state index contributed by atoms with van der Waals surface area (Å²) in [7, 11) is 0. The number of amides is 1.